The molecule has 0 aliphatic rings. The Balaban J connectivity index is 2.89. The van der Waals surface area contributed by atoms with Gasteiger partial charge in [-0.1, -0.05) is 0 Å². The number of hydrogen-bond acceptors (Lipinski definition) is 4. The molecule has 1 rings (SSSR count). The van der Waals surface area contributed by atoms with Crippen molar-refractivity contribution in [2.45, 2.75) is 30.5 Å². The predicted molar refractivity (Wildman–Crippen MR) is 68.6 cm³/mol. The van der Waals surface area contributed by atoms with E-state index in [1.807, 2.05) is 26.0 Å². The first kappa shape index (κ1) is 13.9. The van der Waals surface area contributed by atoms with Crippen LogP contribution in [-0.2, 0) is 4.79 Å². The van der Waals surface area contributed by atoms with Gasteiger partial charge in [0.1, 0.15) is 5.75 Å². The average molecular weight is 255 g/mol. The second-order valence-corrected chi connectivity index (χ2v) is 5.12. The van der Waals surface area contributed by atoms with Gasteiger partial charge in [0.25, 0.3) is 0 Å². The van der Waals surface area contributed by atoms with Gasteiger partial charge in [-0.05, 0) is 37.1 Å². The van der Waals surface area contributed by atoms with Crippen molar-refractivity contribution in [1.82, 2.24) is 0 Å². The summed E-state index contributed by atoms with van der Waals surface area (Å²) < 4.78 is 5.26. The second kappa shape index (κ2) is 5.93. The zero-order valence-corrected chi connectivity index (χ0v) is 11.0. The largest absolute Gasteiger partial charge is 0.496 e. The van der Waals surface area contributed by atoms with E-state index in [4.69, 9.17) is 15.6 Å². The lowest BCUT2D eigenvalue weighted by molar-refractivity contribution is -0.136. The minimum atomic E-state index is -0.896. The SMILES string of the molecule is COc1cc(C)c(C)cc1SC(N)CC(=O)O. The van der Waals surface area contributed by atoms with E-state index in [2.05, 4.69) is 0 Å². The molecule has 4 nitrogen and oxygen atoms in total. The molecule has 0 heterocycles. The van der Waals surface area contributed by atoms with Crippen LogP contribution in [-0.4, -0.2) is 23.6 Å². The number of aryl methyl sites for hydroxylation is 2. The van der Waals surface area contributed by atoms with Gasteiger partial charge in [0, 0.05) is 0 Å². The highest BCUT2D eigenvalue weighted by atomic mass is 32.2. The Bertz CT molecular complexity index is 420. The topological polar surface area (TPSA) is 72.5 Å². The highest BCUT2D eigenvalue weighted by Gasteiger charge is 2.13. The van der Waals surface area contributed by atoms with Gasteiger partial charge in [-0.3, -0.25) is 4.79 Å². The van der Waals surface area contributed by atoms with E-state index in [-0.39, 0.29) is 6.42 Å². The number of hydrogen-bond donors (Lipinski definition) is 2. The molecule has 17 heavy (non-hydrogen) atoms. The Kier molecular flexibility index (Phi) is 4.84. The molecule has 3 N–H and O–H groups in total. The number of carboxylic acid groups (broad SMARTS) is 1. The molecule has 1 aromatic rings. The Morgan fingerprint density at radius 1 is 1.47 bits per heavy atom. The lowest BCUT2D eigenvalue weighted by Crippen LogP contribution is -2.19. The summed E-state index contributed by atoms with van der Waals surface area (Å²) in [4.78, 5) is 11.4. The van der Waals surface area contributed by atoms with Gasteiger partial charge in [0.2, 0.25) is 0 Å². The summed E-state index contributed by atoms with van der Waals surface area (Å²) in [6.07, 6.45) is -0.0687. The third-order valence-corrected chi connectivity index (χ3v) is 3.48. The number of ether oxygens (including phenoxy) is 1. The van der Waals surface area contributed by atoms with Crippen LogP contribution in [0.1, 0.15) is 17.5 Å². The maximum atomic E-state index is 10.6. The lowest BCUT2D eigenvalue weighted by atomic mass is 10.1. The number of carboxylic acids is 1. The molecule has 0 fully saturated rings. The van der Waals surface area contributed by atoms with Crippen LogP contribution in [0, 0.1) is 13.8 Å². The predicted octanol–water partition coefficient (Wildman–Crippen LogP) is 2.16. The van der Waals surface area contributed by atoms with Crippen LogP contribution in [0.5, 0.6) is 5.75 Å². The summed E-state index contributed by atoms with van der Waals surface area (Å²) in [5.74, 6) is -0.160. The van der Waals surface area contributed by atoms with Crippen LogP contribution in [0.25, 0.3) is 0 Å². The maximum Gasteiger partial charge on any atom is 0.305 e. The summed E-state index contributed by atoms with van der Waals surface area (Å²) in [5.41, 5.74) is 8.02. The van der Waals surface area contributed by atoms with Crippen molar-refractivity contribution in [3.63, 3.8) is 0 Å². The quantitative estimate of drug-likeness (QED) is 0.623. The summed E-state index contributed by atoms with van der Waals surface area (Å²) in [6, 6.07) is 3.91. The Morgan fingerprint density at radius 3 is 2.59 bits per heavy atom. The fourth-order valence-electron chi connectivity index (χ4n) is 1.39. The fourth-order valence-corrected chi connectivity index (χ4v) is 2.45. The van der Waals surface area contributed by atoms with Crippen LogP contribution < -0.4 is 10.5 Å². The molecule has 94 valence electrons. The van der Waals surface area contributed by atoms with Gasteiger partial charge in [-0.25, -0.2) is 0 Å². The third kappa shape index (κ3) is 3.94. The van der Waals surface area contributed by atoms with E-state index in [9.17, 15) is 4.79 Å². The normalized spacial score (nSPS) is 12.2. The molecule has 0 spiro atoms. The Hall–Kier alpha value is -1.20. The molecule has 5 heteroatoms. The van der Waals surface area contributed by atoms with Crippen LogP contribution in [0.15, 0.2) is 17.0 Å². The van der Waals surface area contributed by atoms with Crippen molar-refractivity contribution in [3.05, 3.63) is 23.3 Å². The van der Waals surface area contributed by atoms with Gasteiger partial charge in [0.05, 0.1) is 23.8 Å². The molecule has 0 radical (unpaired) electrons. The zero-order chi connectivity index (χ0) is 13.0. The minimum absolute atomic E-state index is 0.0687. The number of methoxy groups -OCH3 is 1. The molecule has 0 aliphatic carbocycles. The number of rotatable bonds is 5. The van der Waals surface area contributed by atoms with Gasteiger partial charge in [-0.2, -0.15) is 0 Å². The van der Waals surface area contributed by atoms with Crippen molar-refractivity contribution >= 4 is 17.7 Å². The fraction of sp³-hybridized carbons (Fsp3) is 0.417. The molecular weight excluding hydrogens is 238 g/mol. The minimum Gasteiger partial charge on any atom is -0.496 e. The van der Waals surface area contributed by atoms with E-state index >= 15 is 0 Å². The summed E-state index contributed by atoms with van der Waals surface area (Å²) in [5, 5.41) is 8.19. The molecule has 0 saturated carbocycles. The van der Waals surface area contributed by atoms with E-state index in [0.717, 1.165) is 21.8 Å². The molecule has 0 aromatic heterocycles. The number of benzene rings is 1. The van der Waals surface area contributed by atoms with Gasteiger partial charge in [0.15, 0.2) is 0 Å². The zero-order valence-electron chi connectivity index (χ0n) is 10.2. The third-order valence-electron chi connectivity index (χ3n) is 2.43. The van der Waals surface area contributed by atoms with Crippen molar-refractivity contribution in [2.75, 3.05) is 7.11 Å². The maximum absolute atomic E-state index is 10.6. The lowest BCUT2D eigenvalue weighted by Gasteiger charge is -2.14. The van der Waals surface area contributed by atoms with Gasteiger partial charge in [-0.15, -0.1) is 11.8 Å². The Morgan fingerprint density at radius 2 is 2.06 bits per heavy atom. The smallest absolute Gasteiger partial charge is 0.305 e. The van der Waals surface area contributed by atoms with Crippen LogP contribution in [0.2, 0.25) is 0 Å². The van der Waals surface area contributed by atoms with Crippen molar-refractivity contribution in [1.29, 1.82) is 0 Å². The standard InChI is InChI=1S/C12H17NO3S/c1-7-4-9(16-3)10(5-8(7)2)17-11(13)6-12(14)15/h4-5,11H,6,13H2,1-3H3,(H,14,15). The summed E-state index contributed by atoms with van der Waals surface area (Å²) in [7, 11) is 1.59. The first-order valence-corrected chi connectivity index (χ1v) is 6.11. The molecule has 0 saturated heterocycles. The molecular formula is C12H17NO3S. The molecule has 0 bridgehead atoms. The molecule has 1 unspecified atom stereocenters. The van der Waals surface area contributed by atoms with Crippen LogP contribution in [0.4, 0.5) is 0 Å². The highest BCUT2D eigenvalue weighted by molar-refractivity contribution is 8.00. The van der Waals surface area contributed by atoms with Crippen LogP contribution >= 0.6 is 11.8 Å². The monoisotopic (exact) mass is 255 g/mol. The number of thioether (sulfide) groups is 1. The summed E-state index contributed by atoms with van der Waals surface area (Å²) in [6.45, 7) is 4.00. The number of nitrogens with two attached hydrogens (primary N) is 1. The van der Waals surface area contributed by atoms with E-state index in [1.54, 1.807) is 7.11 Å². The summed E-state index contributed by atoms with van der Waals surface area (Å²) >= 11 is 1.32. The average Bonchev–Trinajstić information content (AvgIpc) is 2.21. The molecule has 0 aliphatic heterocycles. The molecule has 1 atom stereocenters. The van der Waals surface area contributed by atoms with Crippen molar-refractivity contribution < 1.29 is 14.6 Å². The second-order valence-electron chi connectivity index (χ2n) is 3.84. The molecule has 1 aromatic carbocycles. The van der Waals surface area contributed by atoms with Crippen molar-refractivity contribution in [2.24, 2.45) is 5.73 Å². The highest BCUT2D eigenvalue weighted by Crippen LogP contribution is 2.33. The number of carbonyl (C=O) groups is 1. The number of aliphatic carboxylic acids is 1. The van der Waals surface area contributed by atoms with E-state index in [1.165, 1.54) is 11.8 Å². The van der Waals surface area contributed by atoms with Crippen molar-refractivity contribution in [3.8, 4) is 5.75 Å². The molecule has 0 amide bonds. The van der Waals surface area contributed by atoms with Gasteiger partial charge >= 0.3 is 5.97 Å². The van der Waals surface area contributed by atoms with Crippen LogP contribution in [0.3, 0.4) is 0 Å². The first-order chi connectivity index (χ1) is 7.93. The van der Waals surface area contributed by atoms with Gasteiger partial charge < -0.3 is 15.6 Å². The van der Waals surface area contributed by atoms with E-state index < -0.39 is 11.3 Å². The Labute approximate surface area is 105 Å². The van der Waals surface area contributed by atoms with E-state index in [0.29, 0.717) is 0 Å². The first-order valence-electron chi connectivity index (χ1n) is 5.23.